The van der Waals surface area contributed by atoms with Crippen molar-refractivity contribution in [3.05, 3.63) is 199 Å². The van der Waals surface area contributed by atoms with Gasteiger partial charge in [0.25, 0.3) is 0 Å². The summed E-state index contributed by atoms with van der Waals surface area (Å²) in [5.74, 6) is 2.20. The summed E-state index contributed by atoms with van der Waals surface area (Å²) >= 11 is 54.7. The summed E-state index contributed by atoms with van der Waals surface area (Å²) in [4.78, 5) is 191. The minimum absolute atomic E-state index is 0.0185. The predicted molar refractivity (Wildman–Crippen MR) is 574 cm³/mol. The van der Waals surface area contributed by atoms with Crippen molar-refractivity contribution < 1.29 is 91.1 Å². The molecule has 30 heteroatoms. The zero-order valence-electron chi connectivity index (χ0n) is 85.0. The van der Waals surface area contributed by atoms with Crippen LogP contribution in [0.2, 0.25) is 0 Å². The van der Waals surface area contributed by atoms with Gasteiger partial charge in [0.1, 0.15) is 28.9 Å². The SMILES string of the molecule is C/C=C(\C)C(=O)Cl.C/C=C/C(=O)Cl.C=CC(C)=O.C=CCCC(=O)Cl.C=CCCC(=O)Cl.C=CCCCC(C)=O.CC(=O)C(C)C.CC(=O)Cl.CC(=O)c1ccccc1.CC(C)=C(C)C(=O)Cl.CC(C)=CC(=O)Cl.CC(C)=CC(=O)Cl.CC/C=C/C(C)=O.CCC(C)=O.CCC(CC)C(C)=O.CCCC(C)=O.CCCCCC(=O)Cl.CCCCCC(=O)Cl.O=C(Cl)/C=C/c1ccccc1. The molecule has 0 aliphatic heterocycles. The van der Waals surface area contributed by atoms with Gasteiger partial charge in [0.2, 0.25) is 57.7 Å². The number of carbonyl (C=O) groups is 19. The molecule has 0 atom stereocenters. The molecule has 0 aromatic heterocycles. The molecule has 0 saturated carbocycles. The standard InChI is InChI=1S/C9H7ClO.C8H8O.C7H14O.C7H12O.C6H9ClO.2C6H11ClO.C6H10O.5C5H7ClO.2C5H10O.C4H5ClO.C4H8O.C4H6O.C2H3ClO/c10-9(11)7-6-8-4-2-1-3-5-8;1-7(9)8-5-3-2-4-6-8;1-4-7(5-2)6(3)8;1-3-4-5-6-7(2)8;1-4(2)5(3)6(7)8;2*1-2-3-4-5-6(7)8;1-3-4-5-6(2)7;2*1-4(2)3-5(6)7;1-3-4(2)5(6)7;2*1-2-3-4-5(6)7;1-4(2)5(3)6;1-3-4-5(2)6;1-2-3-4(5)6;2*1-3-4(2)5;1-2(3)4/h1-7H;2-6H,1H3;7H,4-5H2,1-3H3;3H,1,4-6H2,2H3;1-3H3;2*2-5H2,1H3;4-5H,3H2,1-2H3;3*3H,1-2H3;2*2H,1,3-4H2;4H,1-3H3;3-4H2,1-2H3;2-3H,1H3;3H2,1-2H3;3H,1H2,2H3;1H3/b7-6+;;;;;;;5-4+;;;4-3+;;;;;3-2+;;;. The maximum Gasteiger partial charge on any atom is 0.247 e. The topological polar surface area (TPSA) is 324 Å². The van der Waals surface area contributed by atoms with E-state index in [1.807, 2.05) is 149 Å². The molecule has 0 heterocycles. The highest BCUT2D eigenvalue weighted by atomic mass is 35.5. The molecule has 2 aromatic carbocycles. The molecule has 0 aliphatic carbocycles. The number of Topliss-reactive ketones (excluding diaryl/α,β-unsaturated/α-hetero) is 6. The minimum Gasteiger partial charge on any atom is -0.300 e. The first-order chi connectivity index (χ1) is 61.9. The lowest BCUT2D eigenvalue weighted by Crippen LogP contribution is -2.07. The van der Waals surface area contributed by atoms with Crippen molar-refractivity contribution in [3.8, 4) is 0 Å². The number of unbranched alkanes of at least 4 members (excludes halogenated alkanes) is 5. The first-order valence-corrected chi connectivity index (χ1v) is 47.2. The molecule has 0 saturated heterocycles. The van der Waals surface area contributed by atoms with Gasteiger partial charge in [-0.15, -0.1) is 19.7 Å². The summed E-state index contributed by atoms with van der Waals surface area (Å²) in [7, 11) is 0. The van der Waals surface area contributed by atoms with Gasteiger partial charge in [0, 0.05) is 80.4 Å². The molecule has 2 aromatic rings. The van der Waals surface area contributed by atoms with Crippen molar-refractivity contribution in [2.24, 2.45) is 11.8 Å². The van der Waals surface area contributed by atoms with E-state index >= 15 is 0 Å². The van der Waals surface area contributed by atoms with E-state index in [1.165, 1.54) is 44.2 Å². The number of rotatable bonds is 36. The van der Waals surface area contributed by atoms with Crippen LogP contribution in [0.5, 0.6) is 0 Å². The predicted octanol–water partition coefficient (Wildman–Crippen LogP) is 31.7. The summed E-state index contributed by atoms with van der Waals surface area (Å²) in [6.45, 7) is 63.4. The number of allylic oxidation sites excluding steroid dienone is 17. The number of benzene rings is 2. The molecular weight excluding hydrogens is 1940 g/mol. The number of ketones is 8. The Labute approximate surface area is 861 Å². The van der Waals surface area contributed by atoms with Gasteiger partial charge in [-0.25, -0.2) is 0 Å². The van der Waals surface area contributed by atoms with Gasteiger partial charge in [-0.3, -0.25) is 76.7 Å². The third-order valence-electron chi connectivity index (χ3n) is 13.6. The second-order valence-corrected chi connectivity index (χ2v) is 32.3. The molecule has 0 spiro atoms. The van der Waals surface area contributed by atoms with Crippen LogP contribution in [0, 0.1) is 11.8 Å². The summed E-state index contributed by atoms with van der Waals surface area (Å²) in [5, 5.41) is -3.77. The van der Waals surface area contributed by atoms with E-state index in [9.17, 15) is 91.1 Å². The third kappa shape index (κ3) is 242. The molecule has 134 heavy (non-hydrogen) atoms. The zero-order chi connectivity index (χ0) is 109. The highest BCUT2D eigenvalue weighted by molar-refractivity contribution is 6.69. The van der Waals surface area contributed by atoms with Crippen molar-refractivity contribution >= 4 is 238 Å². The van der Waals surface area contributed by atoms with Crippen molar-refractivity contribution in [1.82, 2.24) is 0 Å². The van der Waals surface area contributed by atoms with Crippen LogP contribution in [0.15, 0.2) is 188 Å². The number of hydrogen-bond acceptors (Lipinski definition) is 19. The van der Waals surface area contributed by atoms with Crippen LogP contribution in [0.3, 0.4) is 0 Å². The van der Waals surface area contributed by atoms with Crippen molar-refractivity contribution in [1.29, 1.82) is 0 Å². The fraction of sp³-hybridized carbons (Fsp3) is 0.490. The number of carbonyl (C=O) groups excluding carboxylic acids is 19. The maximum atomic E-state index is 10.6. The second kappa shape index (κ2) is 134. The van der Waals surface area contributed by atoms with Gasteiger partial charge in [-0.1, -0.05) is 214 Å². The summed E-state index contributed by atoms with van der Waals surface area (Å²) in [6.07, 6.45) is 37.8. The summed E-state index contributed by atoms with van der Waals surface area (Å²) in [6, 6.07) is 18.7. The highest BCUT2D eigenvalue weighted by Crippen LogP contribution is 2.09. The molecule has 0 aliphatic rings. The monoisotopic (exact) mass is 2100 g/mol. The van der Waals surface area contributed by atoms with E-state index in [-0.39, 0.29) is 83.1 Å². The van der Waals surface area contributed by atoms with Crippen LogP contribution in [0.1, 0.15) is 345 Å². The summed E-state index contributed by atoms with van der Waals surface area (Å²) < 4.78 is 0. The zero-order valence-corrected chi connectivity index (χ0v) is 93.3. The Morgan fingerprint density at radius 1 is 0.373 bits per heavy atom. The molecule has 0 N–H and O–H groups in total. The molecule has 766 valence electrons. The minimum atomic E-state index is -0.450. The first-order valence-electron chi connectivity index (χ1n) is 43.1. The van der Waals surface area contributed by atoms with Gasteiger partial charge in [0.05, 0.1) is 0 Å². The van der Waals surface area contributed by atoms with Crippen LogP contribution < -0.4 is 0 Å². The molecule has 0 bridgehead atoms. The van der Waals surface area contributed by atoms with E-state index in [2.05, 4.69) is 65.6 Å². The van der Waals surface area contributed by atoms with Crippen molar-refractivity contribution in [2.75, 3.05) is 0 Å². The highest BCUT2D eigenvalue weighted by Gasteiger charge is 2.07. The first kappa shape index (κ1) is 166. The van der Waals surface area contributed by atoms with E-state index in [1.54, 1.807) is 113 Å². The van der Waals surface area contributed by atoms with Crippen LogP contribution in [0.4, 0.5) is 0 Å². The maximum absolute atomic E-state index is 10.6. The molecule has 0 radical (unpaired) electrons. The molecule has 0 unspecified atom stereocenters. The van der Waals surface area contributed by atoms with E-state index in [0.29, 0.717) is 74.2 Å². The van der Waals surface area contributed by atoms with Crippen LogP contribution in [-0.4, -0.2) is 104 Å². The Kier molecular flexibility index (Phi) is 166. The van der Waals surface area contributed by atoms with E-state index in [0.717, 1.165) is 111 Å². The average molecular weight is 2100 g/mol. The van der Waals surface area contributed by atoms with Crippen LogP contribution in [0.25, 0.3) is 6.08 Å². The molecular formula is C104H159Cl11O19. The fourth-order valence-corrected chi connectivity index (χ4v) is 7.16. The number of hydrogen-bond donors (Lipinski definition) is 0. The Balaban J connectivity index is -0.0000000721. The quantitative estimate of drug-likeness (QED) is 0.0201. The lowest BCUT2D eigenvalue weighted by atomic mass is 10.00. The number of halogens is 11. The van der Waals surface area contributed by atoms with E-state index in [4.69, 9.17) is 116 Å². The van der Waals surface area contributed by atoms with Gasteiger partial charge in [0.15, 0.2) is 17.3 Å². The van der Waals surface area contributed by atoms with Gasteiger partial charge >= 0.3 is 0 Å². The Morgan fingerprint density at radius 2 is 0.709 bits per heavy atom. The Morgan fingerprint density at radius 3 is 0.828 bits per heavy atom. The smallest absolute Gasteiger partial charge is 0.247 e. The van der Waals surface area contributed by atoms with Crippen molar-refractivity contribution in [3.63, 3.8) is 0 Å². The van der Waals surface area contributed by atoms with Gasteiger partial charge in [-0.05, 0) is 358 Å². The molecule has 0 fully saturated rings. The normalized spacial score (nSPS) is 8.92. The Hall–Kier alpha value is -7.50. The lowest BCUT2D eigenvalue weighted by molar-refractivity contribution is -0.121. The summed E-state index contributed by atoms with van der Waals surface area (Å²) in [5.41, 5.74) is 5.83. The Bertz CT molecular complexity index is 3660. The fourth-order valence-electron chi connectivity index (χ4n) is 5.75. The van der Waals surface area contributed by atoms with Crippen LogP contribution >= 0.6 is 128 Å². The molecule has 2 rings (SSSR count). The largest absolute Gasteiger partial charge is 0.300 e. The molecule has 19 nitrogen and oxygen atoms in total. The van der Waals surface area contributed by atoms with Gasteiger partial charge in [-0.2, -0.15) is 0 Å². The van der Waals surface area contributed by atoms with Gasteiger partial charge < -0.3 is 14.4 Å². The lowest BCUT2D eigenvalue weighted by Gasteiger charge is -2.04. The third-order valence-corrected chi connectivity index (χ3v) is 15.4. The van der Waals surface area contributed by atoms with Crippen molar-refractivity contribution in [2.45, 2.75) is 329 Å². The second-order valence-electron chi connectivity index (χ2n) is 27.9. The molecule has 0 amide bonds. The van der Waals surface area contributed by atoms with Crippen LogP contribution in [-0.2, 0) is 86.3 Å². The van der Waals surface area contributed by atoms with E-state index < -0.39 is 21.0 Å². The average Bonchev–Trinajstić information content (AvgIpc) is 0.949.